The van der Waals surface area contributed by atoms with Crippen LogP contribution in [0.25, 0.3) is 0 Å². The van der Waals surface area contributed by atoms with E-state index in [4.69, 9.17) is 9.84 Å². The molecule has 1 aromatic carbocycles. The molecule has 0 bridgehead atoms. The van der Waals surface area contributed by atoms with Crippen LogP contribution in [-0.4, -0.2) is 46.8 Å². The zero-order valence-corrected chi connectivity index (χ0v) is 17.2. The van der Waals surface area contributed by atoms with Gasteiger partial charge in [-0.25, -0.2) is 9.78 Å². The lowest BCUT2D eigenvalue weighted by Crippen LogP contribution is -2.45. The van der Waals surface area contributed by atoms with Crippen LogP contribution in [0.5, 0.6) is 11.6 Å². The molecule has 0 saturated carbocycles. The topological polar surface area (TPSA) is 62.7 Å². The van der Waals surface area contributed by atoms with Gasteiger partial charge in [0.25, 0.3) is 0 Å². The number of benzene rings is 1. The summed E-state index contributed by atoms with van der Waals surface area (Å²) < 4.78 is 42.7. The Labute approximate surface area is 174 Å². The van der Waals surface area contributed by atoms with E-state index >= 15 is 0 Å². The molecule has 1 N–H and O–H groups in total. The molecule has 0 atom stereocenters. The lowest BCUT2D eigenvalue weighted by Gasteiger charge is -2.36. The first kappa shape index (κ1) is 23.7. The summed E-state index contributed by atoms with van der Waals surface area (Å²) in [4.78, 5) is 17.3. The highest BCUT2D eigenvalue weighted by atomic mass is 19.4. The van der Waals surface area contributed by atoms with Gasteiger partial charge in [0, 0.05) is 12.6 Å². The summed E-state index contributed by atoms with van der Waals surface area (Å²) in [5.41, 5.74) is -1.12. The van der Waals surface area contributed by atoms with Crippen LogP contribution in [0.2, 0.25) is 0 Å². The molecule has 2 aromatic rings. The minimum absolute atomic E-state index is 0.0273. The van der Waals surface area contributed by atoms with Gasteiger partial charge in [0.15, 0.2) is 0 Å². The molecule has 0 amide bonds. The maximum Gasteiger partial charge on any atom is 0.395 e. The molecule has 0 aliphatic carbocycles. The van der Waals surface area contributed by atoms with E-state index in [1.165, 1.54) is 32.2 Å². The van der Waals surface area contributed by atoms with Crippen LogP contribution < -0.4 is 4.74 Å². The van der Waals surface area contributed by atoms with Crippen molar-refractivity contribution in [3.63, 3.8) is 0 Å². The third kappa shape index (κ3) is 7.33. The lowest BCUT2D eigenvalue weighted by molar-refractivity contribution is -0.217. The van der Waals surface area contributed by atoms with E-state index in [0.29, 0.717) is 5.56 Å². The van der Waals surface area contributed by atoms with E-state index < -0.39 is 17.6 Å². The van der Waals surface area contributed by atoms with Gasteiger partial charge in [0.2, 0.25) is 5.88 Å². The number of hydrogen-bond donors (Lipinski definition) is 1. The van der Waals surface area contributed by atoms with Crippen molar-refractivity contribution in [3.05, 3.63) is 54.2 Å². The Kier molecular flexibility index (Phi) is 8.23. The number of likely N-dealkylation sites (tertiary alicyclic amines) is 1. The number of piperidine rings is 1. The van der Waals surface area contributed by atoms with Gasteiger partial charge < -0.3 is 14.7 Å². The molecule has 1 aliphatic heterocycles. The highest BCUT2D eigenvalue weighted by molar-refractivity contribution is 5.90. The average molecular weight is 424 g/mol. The monoisotopic (exact) mass is 424 g/mol. The second-order valence-corrected chi connectivity index (χ2v) is 7.83. The fraction of sp³-hybridized carbons (Fsp3) is 0.455. The molecule has 5 nitrogen and oxygen atoms in total. The van der Waals surface area contributed by atoms with Crippen molar-refractivity contribution in [3.8, 4) is 11.6 Å². The number of nitrogens with zero attached hydrogens (tertiary/aromatic N) is 2. The number of aromatic nitrogens is 1. The van der Waals surface area contributed by atoms with Crippen molar-refractivity contribution in [2.45, 2.75) is 39.3 Å². The first-order chi connectivity index (χ1) is 14.1. The van der Waals surface area contributed by atoms with Crippen molar-refractivity contribution in [2.24, 2.45) is 5.41 Å². The molecule has 2 heterocycles. The van der Waals surface area contributed by atoms with Gasteiger partial charge in [-0.15, -0.1) is 0 Å². The van der Waals surface area contributed by atoms with Crippen LogP contribution in [-0.2, 0) is 0 Å². The molecule has 1 aliphatic rings. The van der Waals surface area contributed by atoms with Gasteiger partial charge in [-0.05, 0) is 58.0 Å². The summed E-state index contributed by atoms with van der Waals surface area (Å²) in [5.74, 6) is -0.287. The van der Waals surface area contributed by atoms with E-state index in [-0.39, 0.29) is 18.2 Å². The molecule has 0 unspecified atom stereocenters. The third-order valence-electron chi connectivity index (χ3n) is 4.76. The van der Waals surface area contributed by atoms with Crippen molar-refractivity contribution >= 4 is 5.97 Å². The SMILES string of the molecule is CC(C)(CN1CCCCC1)C(F)(F)F.O=C(Oc1ccc(O)cn1)c1ccccc1. The third-order valence-corrected chi connectivity index (χ3v) is 4.76. The number of alkyl halides is 3. The summed E-state index contributed by atoms with van der Waals surface area (Å²) >= 11 is 0. The molecule has 3 rings (SSSR count). The molecule has 8 heteroatoms. The standard InChI is InChI=1S/C12H9NO3.C10H18F3N/c14-10-6-7-11(13-8-10)16-12(15)9-4-2-1-3-5-9;1-9(2,10(11,12)13)8-14-6-4-3-5-7-14/h1-8,14H;3-8H2,1-2H3. The molecule has 1 fully saturated rings. The number of rotatable bonds is 4. The molecular weight excluding hydrogens is 397 g/mol. The van der Waals surface area contributed by atoms with Crippen molar-refractivity contribution in [1.29, 1.82) is 0 Å². The van der Waals surface area contributed by atoms with E-state index in [9.17, 15) is 18.0 Å². The van der Waals surface area contributed by atoms with Crippen molar-refractivity contribution in [2.75, 3.05) is 19.6 Å². The van der Waals surface area contributed by atoms with Gasteiger partial charge in [-0.2, -0.15) is 13.2 Å². The predicted molar refractivity (Wildman–Crippen MR) is 107 cm³/mol. The van der Waals surface area contributed by atoms with Crippen LogP contribution >= 0.6 is 0 Å². The highest BCUT2D eigenvalue weighted by Crippen LogP contribution is 2.38. The highest BCUT2D eigenvalue weighted by Gasteiger charge is 2.47. The van der Waals surface area contributed by atoms with Crippen LogP contribution in [0, 0.1) is 5.41 Å². The van der Waals surface area contributed by atoms with Gasteiger partial charge in [-0.3, -0.25) is 0 Å². The zero-order chi connectivity index (χ0) is 22.2. The maximum absolute atomic E-state index is 12.6. The molecule has 1 aromatic heterocycles. The molecule has 1 saturated heterocycles. The normalized spacial score (nSPS) is 15.1. The van der Waals surface area contributed by atoms with Crippen LogP contribution in [0.1, 0.15) is 43.5 Å². The minimum Gasteiger partial charge on any atom is -0.506 e. The largest absolute Gasteiger partial charge is 0.506 e. The van der Waals surface area contributed by atoms with Gasteiger partial charge in [0.05, 0.1) is 17.2 Å². The summed E-state index contributed by atoms with van der Waals surface area (Å²) in [7, 11) is 0. The van der Waals surface area contributed by atoms with Gasteiger partial charge in [0.1, 0.15) is 5.75 Å². The van der Waals surface area contributed by atoms with Crippen molar-refractivity contribution in [1.82, 2.24) is 9.88 Å². The number of ether oxygens (including phenoxy) is 1. The Morgan fingerprint density at radius 1 is 1.07 bits per heavy atom. The van der Waals surface area contributed by atoms with Gasteiger partial charge in [-0.1, -0.05) is 24.6 Å². The summed E-state index contributed by atoms with van der Waals surface area (Å²) in [6.45, 7) is 4.33. The van der Waals surface area contributed by atoms with Crippen LogP contribution in [0.3, 0.4) is 0 Å². The Hall–Kier alpha value is -2.61. The number of halogens is 3. The number of esters is 1. The molecule has 30 heavy (non-hydrogen) atoms. The van der Waals surface area contributed by atoms with E-state index in [0.717, 1.165) is 32.4 Å². The maximum atomic E-state index is 12.6. The van der Waals surface area contributed by atoms with Gasteiger partial charge >= 0.3 is 12.1 Å². The zero-order valence-electron chi connectivity index (χ0n) is 17.2. The number of hydrogen-bond acceptors (Lipinski definition) is 5. The van der Waals surface area contributed by atoms with Crippen LogP contribution in [0.4, 0.5) is 13.2 Å². The predicted octanol–water partition coefficient (Wildman–Crippen LogP) is 5.07. The van der Waals surface area contributed by atoms with Crippen molar-refractivity contribution < 1.29 is 27.8 Å². The Morgan fingerprint density at radius 2 is 1.70 bits per heavy atom. The summed E-state index contributed by atoms with van der Waals surface area (Å²) in [5, 5.41) is 9.00. The molecular formula is C22H27F3N2O3. The minimum atomic E-state index is -4.09. The molecule has 0 radical (unpaired) electrons. The summed E-state index contributed by atoms with van der Waals surface area (Å²) in [6.07, 6.45) is 0.350. The average Bonchev–Trinajstić information content (AvgIpc) is 2.70. The molecule has 0 spiro atoms. The lowest BCUT2D eigenvalue weighted by atomic mass is 9.91. The second-order valence-electron chi connectivity index (χ2n) is 7.83. The van der Waals surface area contributed by atoms with E-state index in [2.05, 4.69) is 4.98 Å². The molecule has 164 valence electrons. The Bertz CT molecular complexity index is 788. The first-order valence-corrected chi connectivity index (χ1v) is 9.80. The number of pyridine rings is 1. The smallest absolute Gasteiger partial charge is 0.395 e. The quantitative estimate of drug-likeness (QED) is 0.695. The fourth-order valence-electron chi connectivity index (χ4n) is 2.93. The number of carbonyl (C=O) groups is 1. The number of aromatic hydroxyl groups is 1. The fourth-order valence-corrected chi connectivity index (χ4v) is 2.93. The Balaban J connectivity index is 0.000000216. The Morgan fingerprint density at radius 3 is 2.23 bits per heavy atom. The van der Waals surface area contributed by atoms with Crippen LogP contribution in [0.15, 0.2) is 48.7 Å². The van der Waals surface area contributed by atoms with E-state index in [1.807, 2.05) is 11.0 Å². The summed E-state index contributed by atoms with van der Waals surface area (Å²) in [6, 6.07) is 11.5. The van der Waals surface area contributed by atoms with E-state index in [1.54, 1.807) is 24.3 Å². The second kappa shape index (κ2) is 10.4. The number of carbonyl (C=O) groups excluding carboxylic acids is 1. The first-order valence-electron chi connectivity index (χ1n) is 9.80.